The van der Waals surface area contributed by atoms with Crippen molar-refractivity contribution in [3.8, 4) is 0 Å². The molecule has 0 spiro atoms. The van der Waals surface area contributed by atoms with Gasteiger partial charge in [0.1, 0.15) is 4.99 Å². The van der Waals surface area contributed by atoms with Crippen molar-refractivity contribution in [2.45, 2.75) is 30.2 Å². The molecule has 0 aromatic heterocycles. The molecule has 1 aromatic rings. The normalized spacial score (nSPS) is 13.2. The van der Waals surface area contributed by atoms with Crippen LogP contribution in [0.25, 0.3) is 0 Å². The molecule has 0 fully saturated rings. The van der Waals surface area contributed by atoms with Crippen molar-refractivity contribution in [1.82, 2.24) is 0 Å². The lowest BCUT2D eigenvalue weighted by Crippen LogP contribution is -2.09. The van der Waals surface area contributed by atoms with E-state index in [1.54, 1.807) is 6.08 Å². The van der Waals surface area contributed by atoms with Crippen LogP contribution in [0.2, 0.25) is 0 Å². The second-order valence-corrected chi connectivity index (χ2v) is 7.63. The minimum absolute atomic E-state index is 0.257. The monoisotopic (exact) mass is 300 g/mol. The fourth-order valence-electron chi connectivity index (χ4n) is 1.60. The van der Waals surface area contributed by atoms with Gasteiger partial charge in [0.05, 0.1) is 13.2 Å². The molecule has 1 aromatic carbocycles. The lowest BCUT2D eigenvalue weighted by atomic mass is 10.4. The first kappa shape index (κ1) is 16.5. The van der Waals surface area contributed by atoms with E-state index in [1.807, 2.05) is 44.2 Å². The van der Waals surface area contributed by atoms with Crippen LogP contribution in [-0.4, -0.2) is 18.2 Å². The van der Waals surface area contributed by atoms with E-state index in [9.17, 15) is 4.57 Å². The summed E-state index contributed by atoms with van der Waals surface area (Å²) in [7, 11) is -3.12. The van der Waals surface area contributed by atoms with Gasteiger partial charge in [0.25, 0.3) is 0 Å². The van der Waals surface area contributed by atoms with Gasteiger partial charge in [-0.15, -0.1) is 18.3 Å². The van der Waals surface area contributed by atoms with E-state index in [-0.39, 0.29) is 4.99 Å². The maximum Gasteiger partial charge on any atom is 0.344 e. The fraction of sp³-hybridized carbons (Fsp3) is 0.429. The highest BCUT2D eigenvalue weighted by atomic mass is 32.2. The minimum atomic E-state index is -3.12. The standard InChI is InChI=1S/C14H21O3PS/c1-4-10-14(18(15,16-5-2)17-6-3)19-13-11-8-7-9-12-13/h4,7-9,11-12,14H,1,5-6,10H2,2-3H3. The van der Waals surface area contributed by atoms with Crippen LogP contribution in [0.3, 0.4) is 0 Å². The topological polar surface area (TPSA) is 35.5 Å². The molecule has 0 aliphatic carbocycles. The second kappa shape index (κ2) is 8.60. The molecule has 3 nitrogen and oxygen atoms in total. The SMILES string of the molecule is C=CCC(Sc1ccccc1)P(=O)(OCC)OCC. The molecular weight excluding hydrogens is 279 g/mol. The third kappa shape index (κ3) is 5.15. The molecule has 5 heteroatoms. The van der Waals surface area contributed by atoms with Crippen LogP contribution in [0, 0.1) is 0 Å². The lowest BCUT2D eigenvalue weighted by Gasteiger charge is -2.25. The summed E-state index contributed by atoms with van der Waals surface area (Å²) in [4.78, 5) is 0.793. The van der Waals surface area contributed by atoms with Crippen LogP contribution in [0.1, 0.15) is 20.3 Å². The summed E-state index contributed by atoms with van der Waals surface area (Å²) in [5, 5.41) is 0. The molecule has 0 aliphatic rings. The summed E-state index contributed by atoms with van der Waals surface area (Å²) >= 11 is 1.52. The van der Waals surface area contributed by atoms with Crippen molar-refractivity contribution in [2.24, 2.45) is 0 Å². The van der Waals surface area contributed by atoms with Gasteiger partial charge in [-0.25, -0.2) is 0 Å². The molecule has 0 aliphatic heterocycles. The number of allylic oxidation sites excluding steroid dienone is 1. The molecule has 0 amide bonds. The Kier molecular flexibility index (Phi) is 7.47. The Morgan fingerprint density at radius 2 is 1.84 bits per heavy atom. The molecule has 0 N–H and O–H groups in total. The van der Waals surface area contributed by atoms with Crippen molar-refractivity contribution >= 4 is 19.4 Å². The highest BCUT2D eigenvalue weighted by Crippen LogP contribution is 2.59. The van der Waals surface area contributed by atoms with Crippen LogP contribution in [0.5, 0.6) is 0 Å². The number of thioether (sulfide) groups is 1. The van der Waals surface area contributed by atoms with E-state index >= 15 is 0 Å². The van der Waals surface area contributed by atoms with E-state index in [0.29, 0.717) is 19.6 Å². The Morgan fingerprint density at radius 3 is 2.32 bits per heavy atom. The van der Waals surface area contributed by atoms with E-state index in [4.69, 9.17) is 9.05 Å². The van der Waals surface area contributed by atoms with Crippen LogP contribution in [0.15, 0.2) is 47.9 Å². The molecule has 0 radical (unpaired) electrons. The molecule has 19 heavy (non-hydrogen) atoms. The number of benzene rings is 1. The minimum Gasteiger partial charge on any atom is -0.308 e. The molecule has 0 heterocycles. The summed E-state index contributed by atoms with van der Waals surface area (Å²) in [5.41, 5.74) is 0. The molecule has 0 bridgehead atoms. The van der Waals surface area contributed by atoms with Crippen molar-refractivity contribution in [3.05, 3.63) is 43.0 Å². The largest absolute Gasteiger partial charge is 0.344 e. The lowest BCUT2D eigenvalue weighted by molar-refractivity contribution is 0.218. The molecule has 0 saturated heterocycles. The zero-order chi connectivity index (χ0) is 14.1. The number of rotatable bonds is 9. The van der Waals surface area contributed by atoms with Gasteiger partial charge in [0.2, 0.25) is 0 Å². The van der Waals surface area contributed by atoms with Crippen molar-refractivity contribution in [2.75, 3.05) is 13.2 Å². The van der Waals surface area contributed by atoms with Gasteiger partial charge in [-0.05, 0) is 32.4 Å². The molecule has 0 saturated carbocycles. The smallest absolute Gasteiger partial charge is 0.308 e. The van der Waals surface area contributed by atoms with E-state index in [1.165, 1.54) is 11.8 Å². The van der Waals surface area contributed by atoms with E-state index in [0.717, 1.165) is 4.90 Å². The highest BCUT2D eigenvalue weighted by molar-refractivity contribution is 8.05. The zero-order valence-electron chi connectivity index (χ0n) is 11.5. The van der Waals surface area contributed by atoms with Crippen molar-refractivity contribution in [1.29, 1.82) is 0 Å². The summed E-state index contributed by atoms with van der Waals surface area (Å²) < 4.78 is 23.6. The van der Waals surface area contributed by atoms with Crippen LogP contribution in [-0.2, 0) is 13.6 Å². The second-order valence-electron chi connectivity index (χ2n) is 3.79. The van der Waals surface area contributed by atoms with Gasteiger partial charge in [-0.3, -0.25) is 4.57 Å². The van der Waals surface area contributed by atoms with Crippen LogP contribution >= 0.6 is 19.4 Å². The summed E-state index contributed by atoms with van der Waals surface area (Å²) in [5.74, 6) is 0. The Morgan fingerprint density at radius 1 is 1.26 bits per heavy atom. The summed E-state index contributed by atoms with van der Waals surface area (Å²) in [6.07, 6.45) is 2.34. The fourth-order valence-corrected chi connectivity index (χ4v) is 5.25. The van der Waals surface area contributed by atoms with Gasteiger partial charge in [-0.2, -0.15) is 0 Å². The molecule has 1 atom stereocenters. The van der Waals surface area contributed by atoms with Crippen molar-refractivity contribution < 1.29 is 13.6 Å². The molecule has 1 unspecified atom stereocenters. The average Bonchev–Trinajstić information content (AvgIpc) is 2.40. The average molecular weight is 300 g/mol. The Balaban J connectivity index is 2.90. The molecule has 1 rings (SSSR count). The molecular formula is C14H21O3PS. The van der Waals surface area contributed by atoms with Gasteiger partial charge in [-0.1, -0.05) is 24.3 Å². The first-order valence-electron chi connectivity index (χ1n) is 6.37. The molecule has 106 valence electrons. The predicted molar refractivity (Wildman–Crippen MR) is 81.8 cm³/mol. The van der Waals surface area contributed by atoms with Gasteiger partial charge in [0, 0.05) is 4.90 Å². The quantitative estimate of drug-likeness (QED) is 0.367. The first-order chi connectivity index (χ1) is 9.16. The maximum atomic E-state index is 12.8. The van der Waals surface area contributed by atoms with Gasteiger partial charge >= 0.3 is 7.60 Å². The highest BCUT2D eigenvalue weighted by Gasteiger charge is 2.35. The first-order valence-corrected chi connectivity index (χ1v) is 8.86. The van der Waals surface area contributed by atoms with E-state index in [2.05, 4.69) is 6.58 Å². The van der Waals surface area contributed by atoms with Gasteiger partial charge < -0.3 is 9.05 Å². The Bertz CT molecular complexity index is 412. The number of hydrogen-bond donors (Lipinski definition) is 0. The van der Waals surface area contributed by atoms with Crippen molar-refractivity contribution in [3.63, 3.8) is 0 Å². The third-order valence-corrected chi connectivity index (χ3v) is 6.61. The predicted octanol–water partition coefficient (Wildman–Crippen LogP) is 4.95. The Labute approximate surface area is 119 Å². The number of hydrogen-bond acceptors (Lipinski definition) is 4. The van der Waals surface area contributed by atoms with Gasteiger partial charge in [0.15, 0.2) is 0 Å². The summed E-state index contributed by atoms with van der Waals surface area (Å²) in [6.45, 7) is 8.13. The maximum absolute atomic E-state index is 12.8. The summed E-state index contributed by atoms with van der Waals surface area (Å²) in [6, 6.07) is 9.85. The third-order valence-electron chi connectivity index (χ3n) is 2.35. The van der Waals surface area contributed by atoms with E-state index < -0.39 is 7.60 Å². The van der Waals surface area contributed by atoms with Crippen LogP contribution < -0.4 is 0 Å². The zero-order valence-corrected chi connectivity index (χ0v) is 13.2. The Hall–Kier alpha value is -0.540. The van der Waals surface area contributed by atoms with Crippen LogP contribution in [0.4, 0.5) is 0 Å².